The predicted octanol–water partition coefficient (Wildman–Crippen LogP) is 5.86. The predicted molar refractivity (Wildman–Crippen MR) is 110 cm³/mol. The van der Waals surface area contributed by atoms with Gasteiger partial charge in [0.05, 0.1) is 12.4 Å². The zero-order valence-corrected chi connectivity index (χ0v) is 17.9. The minimum absolute atomic E-state index is 0.616. The van der Waals surface area contributed by atoms with E-state index in [0.29, 0.717) is 35.5 Å². The molecule has 0 aromatic carbocycles. The van der Waals surface area contributed by atoms with Crippen LogP contribution >= 0.6 is 0 Å². The molecule has 2 aromatic heterocycles. The van der Waals surface area contributed by atoms with Crippen LogP contribution in [-0.4, -0.2) is 19.6 Å². The summed E-state index contributed by atoms with van der Waals surface area (Å²) in [5.41, 5.74) is 5.88. The summed E-state index contributed by atoms with van der Waals surface area (Å²) in [6.07, 6.45) is 9.39. The third kappa shape index (κ3) is 3.15. The van der Waals surface area contributed by atoms with Crippen molar-refractivity contribution >= 4 is 0 Å². The quantitative estimate of drug-likeness (QED) is 0.677. The molecule has 2 heterocycles. The molecule has 4 heteroatoms. The summed E-state index contributed by atoms with van der Waals surface area (Å²) in [5.74, 6) is 3.79. The second-order valence-electron chi connectivity index (χ2n) is 9.77. The Balaban J connectivity index is 1.73. The number of rotatable bonds is 4. The van der Waals surface area contributed by atoms with Crippen LogP contribution in [0.4, 0.5) is 0 Å². The van der Waals surface area contributed by atoms with Crippen molar-refractivity contribution in [2.75, 3.05) is 0 Å². The van der Waals surface area contributed by atoms with Gasteiger partial charge < -0.3 is 0 Å². The first kappa shape index (κ1) is 18.8. The van der Waals surface area contributed by atoms with Crippen molar-refractivity contribution in [1.82, 2.24) is 19.6 Å². The Morgan fingerprint density at radius 1 is 0.778 bits per heavy atom. The second-order valence-corrected chi connectivity index (χ2v) is 9.77. The number of hydrogen-bond acceptors (Lipinski definition) is 2. The van der Waals surface area contributed by atoms with E-state index in [4.69, 9.17) is 10.2 Å². The van der Waals surface area contributed by atoms with Gasteiger partial charge in [0.1, 0.15) is 6.67 Å². The van der Waals surface area contributed by atoms with Crippen molar-refractivity contribution in [3.05, 3.63) is 34.9 Å². The lowest BCUT2D eigenvalue weighted by molar-refractivity contribution is 0.348. The third-order valence-corrected chi connectivity index (χ3v) is 7.28. The molecule has 0 spiro atoms. The highest BCUT2D eigenvalue weighted by Gasteiger charge is 2.33. The van der Waals surface area contributed by atoms with Crippen LogP contribution in [0.2, 0.25) is 0 Å². The lowest BCUT2D eigenvalue weighted by Gasteiger charge is -2.32. The molecule has 4 atom stereocenters. The van der Waals surface area contributed by atoms with Crippen molar-refractivity contribution < 1.29 is 0 Å². The Bertz CT molecular complexity index is 731. The normalized spacial score (nSPS) is 27.9. The maximum absolute atomic E-state index is 4.85. The summed E-state index contributed by atoms with van der Waals surface area (Å²) >= 11 is 0. The van der Waals surface area contributed by atoms with Gasteiger partial charge in [-0.15, -0.1) is 0 Å². The molecular formula is C23H36N4. The molecule has 0 saturated carbocycles. The highest BCUT2D eigenvalue weighted by molar-refractivity contribution is 5.31. The molecule has 2 aliphatic rings. The molecule has 0 unspecified atom stereocenters. The van der Waals surface area contributed by atoms with Crippen LogP contribution in [0.1, 0.15) is 113 Å². The first-order chi connectivity index (χ1) is 12.9. The van der Waals surface area contributed by atoms with Gasteiger partial charge in [-0.2, -0.15) is 10.2 Å². The molecule has 4 rings (SSSR count). The summed E-state index contributed by atoms with van der Waals surface area (Å²) in [5, 5.41) is 9.70. The Labute approximate surface area is 164 Å². The van der Waals surface area contributed by atoms with Crippen molar-refractivity contribution in [2.24, 2.45) is 11.8 Å². The van der Waals surface area contributed by atoms with Crippen molar-refractivity contribution in [2.45, 2.75) is 97.6 Å². The number of nitrogens with zero attached hydrogens (tertiary/aromatic N) is 4. The molecule has 2 aliphatic carbocycles. The van der Waals surface area contributed by atoms with E-state index < -0.39 is 0 Å². The van der Waals surface area contributed by atoms with Gasteiger partial charge >= 0.3 is 0 Å². The van der Waals surface area contributed by atoms with Gasteiger partial charge in [-0.3, -0.25) is 0 Å². The van der Waals surface area contributed by atoms with Crippen LogP contribution in [0.15, 0.2) is 12.4 Å². The standard InChI is InChI=1S/C23H36N4/c1-14(2)18-9-7-16(5)20-11-24-26(22(18)20)13-27-23-19(15(3)4)10-8-17(6)21(23)12-25-27/h11-12,14-19H,7-10,13H2,1-6H3/t16-,17-,18-,19-/m1/s1. The summed E-state index contributed by atoms with van der Waals surface area (Å²) < 4.78 is 4.53. The molecule has 0 radical (unpaired) electrons. The summed E-state index contributed by atoms with van der Waals surface area (Å²) in [6, 6.07) is 0. The Morgan fingerprint density at radius 3 is 1.56 bits per heavy atom. The van der Waals surface area contributed by atoms with E-state index in [-0.39, 0.29) is 0 Å². The first-order valence-electron chi connectivity index (χ1n) is 11.0. The van der Waals surface area contributed by atoms with Gasteiger partial charge in [0.15, 0.2) is 0 Å². The van der Waals surface area contributed by atoms with E-state index in [1.54, 1.807) is 0 Å². The van der Waals surface area contributed by atoms with Gasteiger partial charge in [0.25, 0.3) is 0 Å². The second kappa shape index (κ2) is 7.10. The molecule has 0 N–H and O–H groups in total. The van der Waals surface area contributed by atoms with Crippen LogP contribution in [-0.2, 0) is 6.67 Å². The van der Waals surface area contributed by atoms with Crippen LogP contribution in [0.3, 0.4) is 0 Å². The van der Waals surface area contributed by atoms with E-state index >= 15 is 0 Å². The number of fused-ring (bicyclic) bond motifs is 2. The van der Waals surface area contributed by atoms with Crippen LogP contribution in [0, 0.1) is 11.8 Å². The molecule has 4 nitrogen and oxygen atoms in total. The first-order valence-corrected chi connectivity index (χ1v) is 11.0. The largest absolute Gasteiger partial charge is 0.247 e. The zero-order chi connectivity index (χ0) is 19.3. The molecule has 27 heavy (non-hydrogen) atoms. The molecule has 0 amide bonds. The Hall–Kier alpha value is -1.58. The summed E-state index contributed by atoms with van der Waals surface area (Å²) in [4.78, 5) is 0. The topological polar surface area (TPSA) is 35.6 Å². The van der Waals surface area contributed by atoms with Crippen molar-refractivity contribution in [3.8, 4) is 0 Å². The lowest BCUT2D eigenvalue weighted by Crippen LogP contribution is -2.25. The SMILES string of the molecule is CC(C)[C@H]1CC[C@@H](C)c2cnn(Cn3ncc4c3[C@@H](C(C)C)CC[C@H]4C)c21. The van der Waals surface area contributed by atoms with Gasteiger partial charge in [-0.25, -0.2) is 9.36 Å². The molecule has 148 valence electrons. The van der Waals surface area contributed by atoms with E-state index in [9.17, 15) is 0 Å². The van der Waals surface area contributed by atoms with Crippen molar-refractivity contribution in [3.63, 3.8) is 0 Å². The van der Waals surface area contributed by atoms with E-state index in [2.05, 4.69) is 63.3 Å². The van der Waals surface area contributed by atoms with Crippen LogP contribution in [0.5, 0.6) is 0 Å². The minimum Gasteiger partial charge on any atom is -0.247 e. The molecule has 0 aliphatic heterocycles. The summed E-state index contributed by atoms with van der Waals surface area (Å²) in [6.45, 7) is 14.9. The smallest absolute Gasteiger partial charge is 0.133 e. The molecule has 0 bridgehead atoms. The maximum Gasteiger partial charge on any atom is 0.133 e. The van der Waals surface area contributed by atoms with Crippen LogP contribution in [0.25, 0.3) is 0 Å². The van der Waals surface area contributed by atoms with E-state index in [0.717, 1.165) is 6.67 Å². The molecule has 0 fully saturated rings. The molecule has 2 aromatic rings. The van der Waals surface area contributed by atoms with Gasteiger partial charge in [-0.1, -0.05) is 41.5 Å². The fraction of sp³-hybridized carbons (Fsp3) is 0.739. The average molecular weight is 369 g/mol. The number of aromatic nitrogens is 4. The van der Waals surface area contributed by atoms with Gasteiger partial charge in [0.2, 0.25) is 0 Å². The van der Waals surface area contributed by atoms with Gasteiger partial charge in [-0.05, 0) is 60.5 Å². The van der Waals surface area contributed by atoms with Crippen molar-refractivity contribution in [1.29, 1.82) is 0 Å². The fourth-order valence-corrected chi connectivity index (χ4v) is 5.48. The Kier molecular flexibility index (Phi) is 4.94. The maximum atomic E-state index is 4.85. The van der Waals surface area contributed by atoms with Crippen LogP contribution < -0.4 is 0 Å². The third-order valence-electron chi connectivity index (χ3n) is 7.28. The van der Waals surface area contributed by atoms with E-state index in [1.807, 2.05) is 0 Å². The summed E-state index contributed by atoms with van der Waals surface area (Å²) in [7, 11) is 0. The van der Waals surface area contributed by atoms with Gasteiger partial charge in [0, 0.05) is 23.2 Å². The highest BCUT2D eigenvalue weighted by atomic mass is 15.4. The number of hydrogen-bond donors (Lipinski definition) is 0. The average Bonchev–Trinajstić information content (AvgIpc) is 3.22. The molecular weight excluding hydrogens is 332 g/mol. The highest BCUT2D eigenvalue weighted by Crippen LogP contribution is 2.44. The molecule has 0 saturated heterocycles. The zero-order valence-electron chi connectivity index (χ0n) is 17.9. The minimum atomic E-state index is 0.616. The Morgan fingerprint density at radius 2 is 1.19 bits per heavy atom. The fourth-order valence-electron chi connectivity index (χ4n) is 5.48. The lowest BCUT2D eigenvalue weighted by atomic mass is 9.76. The van der Waals surface area contributed by atoms with E-state index in [1.165, 1.54) is 48.2 Å². The monoisotopic (exact) mass is 368 g/mol.